The highest BCUT2D eigenvalue weighted by atomic mass is 16.2. The average Bonchev–Trinajstić information content (AvgIpc) is 2.55. The first-order valence-corrected chi connectivity index (χ1v) is 8.49. The maximum atomic E-state index is 12.3. The molecular formula is C21H26N2O2. The molecule has 0 heterocycles. The highest BCUT2D eigenvalue weighted by molar-refractivity contribution is 6.04. The van der Waals surface area contributed by atoms with E-state index in [0.717, 1.165) is 5.69 Å². The minimum Gasteiger partial charge on any atom is -0.326 e. The van der Waals surface area contributed by atoms with Crippen LogP contribution in [0.15, 0.2) is 48.5 Å². The minimum atomic E-state index is -0.176. The van der Waals surface area contributed by atoms with Crippen LogP contribution in [0.25, 0.3) is 0 Å². The third-order valence-electron chi connectivity index (χ3n) is 3.95. The zero-order valence-electron chi connectivity index (χ0n) is 15.5. The van der Waals surface area contributed by atoms with Crippen molar-refractivity contribution in [1.29, 1.82) is 0 Å². The van der Waals surface area contributed by atoms with Crippen molar-refractivity contribution in [2.75, 3.05) is 10.6 Å². The molecule has 0 spiro atoms. The van der Waals surface area contributed by atoms with Crippen LogP contribution in [-0.4, -0.2) is 11.8 Å². The van der Waals surface area contributed by atoms with E-state index in [1.165, 1.54) is 5.56 Å². The summed E-state index contributed by atoms with van der Waals surface area (Å²) < 4.78 is 0. The van der Waals surface area contributed by atoms with Gasteiger partial charge in [0, 0.05) is 22.9 Å². The molecule has 0 atom stereocenters. The number of anilines is 2. The van der Waals surface area contributed by atoms with Crippen molar-refractivity contribution in [1.82, 2.24) is 0 Å². The average molecular weight is 338 g/mol. The number of rotatable bonds is 4. The van der Waals surface area contributed by atoms with Crippen LogP contribution in [0.2, 0.25) is 0 Å². The summed E-state index contributed by atoms with van der Waals surface area (Å²) in [4.78, 5) is 24.0. The molecule has 0 bridgehead atoms. The largest absolute Gasteiger partial charge is 0.326 e. The smallest absolute Gasteiger partial charge is 0.255 e. The standard InChI is InChI=1S/C21H26N2O2/c1-14(2)19(24)22-17-10-6-15(7-11-17)20(25)23-18-12-8-16(9-13-18)21(3,4)5/h6-14H,1-5H3,(H,22,24)(H,23,25). The molecular weight excluding hydrogens is 312 g/mol. The number of hydrogen-bond acceptors (Lipinski definition) is 2. The quantitative estimate of drug-likeness (QED) is 0.839. The number of amides is 2. The van der Waals surface area contributed by atoms with Gasteiger partial charge in [0.25, 0.3) is 5.91 Å². The van der Waals surface area contributed by atoms with E-state index in [4.69, 9.17) is 0 Å². The van der Waals surface area contributed by atoms with Gasteiger partial charge in [-0.25, -0.2) is 0 Å². The van der Waals surface area contributed by atoms with E-state index < -0.39 is 0 Å². The van der Waals surface area contributed by atoms with Crippen LogP contribution in [0.5, 0.6) is 0 Å². The number of nitrogens with one attached hydrogen (secondary N) is 2. The molecule has 0 fully saturated rings. The molecule has 0 aliphatic rings. The number of carbonyl (C=O) groups is 2. The summed E-state index contributed by atoms with van der Waals surface area (Å²) in [5, 5.41) is 5.70. The van der Waals surface area contributed by atoms with Crippen LogP contribution in [0.4, 0.5) is 11.4 Å². The highest BCUT2D eigenvalue weighted by Crippen LogP contribution is 2.23. The molecule has 0 saturated carbocycles. The molecule has 0 aliphatic heterocycles. The van der Waals surface area contributed by atoms with E-state index in [9.17, 15) is 9.59 Å². The molecule has 2 amide bonds. The molecule has 0 aromatic heterocycles. The Labute approximate surface area is 149 Å². The summed E-state index contributed by atoms with van der Waals surface area (Å²) in [6.45, 7) is 10.1. The van der Waals surface area contributed by atoms with Crippen LogP contribution in [0.3, 0.4) is 0 Å². The Hall–Kier alpha value is -2.62. The van der Waals surface area contributed by atoms with Crippen molar-refractivity contribution >= 4 is 23.2 Å². The lowest BCUT2D eigenvalue weighted by atomic mass is 9.87. The van der Waals surface area contributed by atoms with Crippen LogP contribution in [-0.2, 0) is 10.2 Å². The molecule has 2 N–H and O–H groups in total. The van der Waals surface area contributed by atoms with Gasteiger partial charge in [0.15, 0.2) is 0 Å². The molecule has 132 valence electrons. The fourth-order valence-corrected chi connectivity index (χ4v) is 2.25. The van der Waals surface area contributed by atoms with Crippen molar-refractivity contribution in [3.05, 3.63) is 59.7 Å². The fraction of sp³-hybridized carbons (Fsp3) is 0.333. The van der Waals surface area contributed by atoms with Gasteiger partial charge in [-0.05, 0) is 47.4 Å². The monoisotopic (exact) mass is 338 g/mol. The molecule has 25 heavy (non-hydrogen) atoms. The van der Waals surface area contributed by atoms with Gasteiger partial charge in [0.2, 0.25) is 5.91 Å². The van der Waals surface area contributed by atoms with Crippen molar-refractivity contribution in [2.24, 2.45) is 5.92 Å². The maximum absolute atomic E-state index is 12.3. The van der Waals surface area contributed by atoms with Crippen LogP contribution >= 0.6 is 0 Å². The first kappa shape index (κ1) is 18.7. The normalized spacial score (nSPS) is 11.3. The molecule has 4 heteroatoms. The SMILES string of the molecule is CC(C)C(=O)Nc1ccc(C(=O)Nc2ccc(C(C)(C)C)cc2)cc1. The summed E-state index contributed by atoms with van der Waals surface area (Å²) >= 11 is 0. The summed E-state index contributed by atoms with van der Waals surface area (Å²) in [6.07, 6.45) is 0. The van der Waals surface area contributed by atoms with Crippen LogP contribution < -0.4 is 10.6 Å². The molecule has 2 aromatic carbocycles. The van der Waals surface area contributed by atoms with E-state index in [1.807, 2.05) is 38.1 Å². The summed E-state index contributed by atoms with van der Waals surface area (Å²) in [6, 6.07) is 14.8. The Morgan fingerprint density at radius 1 is 0.800 bits per heavy atom. The Morgan fingerprint density at radius 2 is 1.28 bits per heavy atom. The Bertz CT molecular complexity index is 739. The van der Waals surface area contributed by atoms with Crippen molar-refractivity contribution in [2.45, 2.75) is 40.0 Å². The summed E-state index contributed by atoms with van der Waals surface area (Å²) in [5.74, 6) is -0.305. The number of benzene rings is 2. The topological polar surface area (TPSA) is 58.2 Å². The van der Waals surface area contributed by atoms with Gasteiger partial charge < -0.3 is 10.6 Å². The van der Waals surface area contributed by atoms with Gasteiger partial charge in [0.1, 0.15) is 0 Å². The molecule has 0 aliphatic carbocycles. The summed E-state index contributed by atoms with van der Waals surface area (Å²) in [5.41, 5.74) is 3.29. The fourth-order valence-electron chi connectivity index (χ4n) is 2.25. The van der Waals surface area contributed by atoms with Gasteiger partial charge >= 0.3 is 0 Å². The predicted molar refractivity (Wildman–Crippen MR) is 103 cm³/mol. The second kappa shape index (κ2) is 7.51. The molecule has 0 unspecified atom stereocenters. The van der Waals surface area contributed by atoms with Gasteiger partial charge in [-0.15, -0.1) is 0 Å². The van der Waals surface area contributed by atoms with Gasteiger partial charge in [0.05, 0.1) is 0 Å². The first-order valence-electron chi connectivity index (χ1n) is 8.49. The van der Waals surface area contributed by atoms with Gasteiger partial charge in [-0.3, -0.25) is 9.59 Å². The van der Waals surface area contributed by atoms with Crippen molar-refractivity contribution < 1.29 is 9.59 Å². The Kier molecular flexibility index (Phi) is 5.62. The van der Waals surface area contributed by atoms with Crippen molar-refractivity contribution in [3.8, 4) is 0 Å². The molecule has 2 rings (SSSR count). The zero-order chi connectivity index (χ0) is 18.6. The lowest BCUT2D eigenvalue weighted by Gasteiger charge is -2.19. The second-order valence-corrected chi connectivity index (χ2v) is 7.50. The van der Waals surface area contributed by atoms with E-state index >= 15 is 0 Å². The zero-order valence-corrected chi connectivity index (χ0v) is 15.5. The number of hydrogen-bond donors (Lipinski definition) is 2. The second-order valence-electron chi connectivity index (χ2n) is 7.50. The lowest BCUT2D eigenvalue weighted by Crippen LogP contribution is -2.18. The predicted octanol–water partition coefficient (Wildman–Crippen LogP) is 4.83. The lowest BCUT2D eigenvalue weighted by molar-refractivity contribution is -0.118. The van der Waals surface area contributed by atoms with Crippen LogP contribution in [0.1, 0.15) is 50.5 Å². The van der Waals surface area contributed by atoms with E-state index in [-0.39, 0.29) is 23.1 Å². The van der Waals surface area contributed by atoms with Crippen LogP contribution in [0, 0.1) is 5.92 Å². The van der Waals surface area contributed by atoms with E-state index in [0.29, 0.717) is 11.3 Å². The van der Waals surface area contributed by atoms with Gasteiger partial charge in [-0.2, -0.15) is 0 Å². The van der Waals surface area contributed by atoms with E-state index in [1.54, 1.807) is 24.3 Å². The van der Waals surface area contributed by atoms with Gasteiger partial charge in [-0.1, -0.05) is 46.8 Å². The van der Waals surface area contributed by atoms with Crippen molar-refractivity contribution in [3.63, 3.8) is 0 Å². The minimum absolute atomic E-state index is 0.0452. The Balaban J connectivity index is 2.02. The highest BCUT2D eigenvalue weighted by Gasteiger charge is 2.13. The molecule has 0 radical (unpaired) electrons. The molecule has 0 saturated heterocycles. The Morgan fingerprint density at radius 3 is 1.76 bits per heavy atom. The summed E-state index contributed by atoms with van der Waals surface area (Å²) in [7, 11) is 0. The third kappa shape index (κ3) is 5.18. The molecule has 4 nitrogen and oxygen atoms in total. The van der Waals surface area contributed by atoms with E-state index in [2.05, 4.69) is 31.4 Å². The maximum Gasteiger partial charge on any atom is 0.255 e. The molecule has 2 aromatic rings. The third-order valence-corrected chi connectivity index (χ3v) is 3.95. The number of carbonyl (C=O) groups excluding carboxylic acids is 2. The first-order chi connectivity index (χ1) is 11.7.